The van der Waals surface area contributed by atoms with Crippen molar-refractivity contribution in [2.24, 2.45) is 5.73 Å². The molecule has 0 bridgehead atoms. The highest BCUT2D eigenvalue weighted by molar-refractivity contribution is 6.39. The van der Waals surface area contributed by atoms with Gasteiger partial charge in [-0.05, 0) is 30.0 Å². The Kier molecular flexibility index (Phi) is 2.85. The largest absolute Gasteiger partial charge is 0.353 e. The van der Waals surface area contributed by atoms with Gasteiger partial charge in [0.05, 0.1) is 27.7 Å². The number of fused-ring (bicyclic) bond motifs is 10. The molecule has 2 aliphatic rings. The smallest absolute Gasteiger partial charge is 0.259 e. The number of hydrogen-bond acceptors (Lipinski definition) is 3. The first kappa shape index (κ1) is 16.2. The van der Waals surface area contributed by atoms with Gasteiger partial charge >= 0.3 is 0 Å². The summed E-state index contributed by atoms with van der Waals surface area (Å²) in [7, 11) is 0. The molecule has 0 saturated heterocycles. The van der Waals surface area contributed by atoms with E-state index >= 15 is 0 Å². The molecule has 0 aliphatic carbocycles. The highest BCUT2D eigenvalue weighted by Crippen LogP contribution is 2.45. The Labute approximate surface area is 170 Å². The summed E-state index contributed by atoms with van der Waals surface area (Å²) in [5.74, 6) is -0.629. The second kappa shape index (κ2) is 5.29. The van der Waals surface area contributed by atoms with Crippen LogP contribution in [0.25, 0.3) is 43.6 Å². The van der Waals surface area contributed by atoms with Crippen LogP contribution in [0, 0.1) is 0 Å². The predicted molar refractivity (Wildman–Crippen MR) is 117 cm³/mol. The predicted octanol–water partition coefficient (Wildman–Crippen LogP) is 3.72. The van der Waals surface area contributed by atoms with Gasteiger partial charge in [0.1, 0.15) is 0 Å². The van der Waals surface area contributed by atoms with E-state index in [1.807, 2.05) is 18.2 Å². The highest BCUT2D eigenvalue weighted by Gasteiger charge is 2.36. The molecular weight excluding hydrogens is 376 g/mol. The summed E-state index contributed by atoms with van der Waals surface area (Å²) in [5.41, 5.74) is 13.2. The molecule has 2 aliphatic heterocycles. The van der Waals surface area contributed by atoms with Gasteiger partial charge in [-0.15, -0.1) is 0 Å². The molecule has 2 amide bonds. The molecule has 6 heteroatoms. The van der Waals surface area contributed by atoms with E-state index in [1.165, 1.54) is 11.1 Å². The molecule has 6 nitrogen and oxygen atoms in total. The van der Waals surface area contributed by atoms with Crippen LogP contribution in [-0.2, 0) is 19.5 Å². The molecule has 2 aromatic heterocycles. The Bertz CT molecular complexity index is 1620. The van der Waals surface area contributed by atoms with E-state index in [0.717, 1.165) is 63.0 Å². The van der Waals surface area contributed by atoms with Gasteiger partial charge in [-0.2, -0.15) is 0 Å². The number of nitrogens with zero attached hydrogens (tertiary/aromatic N) is 1. The standard InChI is InChI=1S/C24H18N4O2/c25-10-11-6-7-13-15(9-11)26-20-16(13)18-19(24(30)27-23(18)29)17-14-5-1-3-12-4-2-8-28(21(12)14)22(17)20/h1,3,5-7,9,26H,2,4,8,10,25H2,(H,27,29,30). The van der Waals surface area contributed by atoms with Crippen molar-refractivity contribution in [3.05, 3.63) is 58.7 Å². The summed E-state index contributed by atoms with van der Waals surface area (Å²) < 4.78 is 2.33. The summed E-state index contributed by atoms with van der Waals surface area (Å²) in [6, 6.07) is 12.3. The summed E-state index contributed by atoms with van der Waals surface area (Å²) in [6.07, 6.45) is 2.08. The van der Waals surface area contributed by atoms with E-state index in [9.17, 15) is 9.59 Å². The monoisotopic (exact) mass is 394 g/mol. The third-order valence-corrected chi connectivity index (χ3v) is 6.76. The van der Waals surface area contributed by atoms with Gasteiger partial charge in [-0.25, -0.2) is 0 Å². The molecule has 0 fully saturated rings. The van der Waals surface area contributed by atoms with E-state index in [-0.39, 0.29) is 11.8 Å². The average molecular weight is 394 g/mol. The molecule has 0 atom stereocenters. The van der Waals surface area contributed by atoms with Gasteiger partial charge in [-0.1, -0.05) is 30.3 Å². The average Bonchev–Trinajstić information content (AvgIpc) is 3.39. The van der Waals surface area contributed by atoms with Gasteiger partial charge < -0.3 is 15.3 Å². The van der Waals surface area contributed by atoms with Gasteiger partial charge in [0.25, 0.3) is 11.8 Å². The van der Waals surface area contributed by atoms with E-state index in [1.54, 1.807) is 0 Å². The quantitative estimate of drug-likeness (QED) is 0.378. The van der Waals surface area contributed by atoms with Gasteiger partial charge in [0.15, 0.2) is 0 Å². The minimum absolute atomic E-state index is 0.307. The summed E-state index contributed by atoms with van der Waals surface area (Å²) in [5, 5.41) is 6.24. The number of amides is 2. The normalized spacial score (nSPS) is 15.6. The van der Waals surface area contributed by atoms with Crippen LogP contribution >= 0.6 is 0 Å². The van der Waals surface area contributed by atoms with Gasteiger partial charge in [0.2, 0.25) is 0 Å². The first-order valence-electron chi connectivity index (χ1n) is 10.3. The first-order valence-corrected chi connectivity index (χ1v) is 10.3. The minimum Gasteiger partial charge on any atom is -0.353 e. The molecular formula is C24H18N4O2. The molecule has 7 rings (SSSR count). The van der Waals surface area contributed by atoms with Crippen molar-refractivity contribution in [3.63, 3.8) is 0 Å². The number of hydrogen-bond donors (Lipinski definition) is 3. The third kappa shape index (κ3) is 1.74. The number of imide groups is 1. The maximum absolute atomic E-state index is 13.0. The lowest BCUT2D eigenvalue weighted by atomic mass is 9.96. The van der Waals surface area contributed by atoms with E-state index in [4.69, 9.17) is 5.73 Å². The Morgan fingerprint density at radius 2 is 1.80 bits per heavy atom. The molecule has 5 aromatic rings. The summed E-state index contributed by atoms with van der Waals surface area (Å²) in [6.45, 7) is 1.34. The van der Waals surface area contributed by atoms with Crippen molar-refractivity contribution in [3.8, 4) is 0 Å². The SMILES string of the molecule is NCc1ccc2c(c1)[nH]c1c2c2c(c3c4cccc5c4n(c13)CCC5)C(=O)NC2=O. The number of para-hydroxylation sites is 1. The Hall–Kier alpha value is -3.64. The molecule has 146 valence electrons. The van der Waals surface area contributed by atoms with Crippen molar-refractivity contribution in [1.29, 1.82) is 0 Å². The lowest BCUT2D eigenvalue weighted by Gasteiger charge is -2.16. The number of carbonyl (C=O) groups excluding carboxylic acids is 2. The number of aryl methyl sites for hydroxylation is 2. The van der Waals surface area contributed by atoms with Crippen LogP contribution in [0.15, 0.2) is 36.4 Å². The number of H-pyrrole nitrogens is 1. The number of aromatic amines is 1. The molecule has 0 saturated carbocycles. The second-order valence-electron chi connectivity index (χ2n) is 8.28. The van der Waals surface area contributed by atoms with E-state index in [0.29, 0.717) is 17.7 Å². The fraction of sp³-hybridized carbons (Fsp3) is 0.167. The number of nitrogens with two attached hydrogens (primary N) is 1. The number of benzene rings is 3. The maximum Gasteiger partial charge on any atom is 0.259 e. The number of carbonyl (C=O) groups is 2. The Morgan fingerprint density at radius 1 is 0.967 bits per heavy atom. The van der Waals surface area contributed by atoms with Crippen molar-refractivity contribution < 1.29 is 9.59 Å². The van der Waals surface area contributed by atoms with Crippen molar-refractivity contribution >= 4 is 55.4 Å². The zero-order chi connectivity index (χ0) is 20.1. The van der Waals surface area contributed by atoms with Crippen molar-refractivity contribution in [2.45, 2.75) is 25.9 Å². The van der Waals surface area contributed by atoms with E-state index < -0.39 is 0 Å². The minimum atomic E-state index is -0.322. The fourth-order valence-corrected chi connectivity index (χ4v) is 5.59. The molecule has 4 heterocycles. The zero-order valence-electron chi connectivity index (χ0n) is 16.1. The number of nitrogens with one attached hydrogen (secondary N) is 2. The van der Waals surface area contributed by atoms with Gasteiger partial charge in [-0.3, -0.25) is 14.9 Å². The lowest BCUT2D eigenvalue weighted by molar-refractivity contribution is 0.0880. The molecule has 0 unspecified atom stereocenters. The molecule has 4 N–H and O–H groups in total. The van der Waals surface area contributed by atoms with Crippen LogP contribution in [0.3, 0.4) is 0 Å². The van der Waals surface area contributed by atoms with Crippen LogP contribution in [0.5, 0.6) is 0 Å². The topological polar surface area (TPSA) is 92.9 Å². The Balaban J connectivity index is 1.84. The lowest BCUT2D eigenvalue weighted by Crippen LogP contribution is -2.20. The van der Waals surface area contributed by atoms with Crippen molar-refractivity contribution in [2.75, 3.05) is 0 Å². The maximum atomic E-state index is 13.0. The first-order chi connectivity index (χ1) is 14.7. The van der Waals surface area contributed by atoms with Gasteiger partial charge in [0, 0.05) is 40.2 Å². The molecule has 0 radical (unpaired) electrons. The van der Waals surface area contributed by atoms with E-state index in [2.05, 4.69) is 33.1 Å². The number of rotatable bonds is 1. The fourth-order valence-electron chi connectivity index (χ4n) is 5.59. The zero-order valence-corrected chi connectivity index (χ0v) is 16.1. The number of aromatic nitrogens is 2. The van der Waals surface area contributed by atoms with Crippen LogP contribution in [0.1, 0.15) is 38.3 Å². The van der Waals surface area contributed by atoms with Crippen molar-refractivity contribution in [1.82, 2.24) is 14.9 Å². The third-order valence-electron chi connectivity index (χ3n) is 6.76. The summed E-state index contributed by atoms with van der Waals surface area (Å²) in [4.78, 5) is 29.5. The van der Waals surface area contributed by atoms with Crippen LogP contribution in [-0.4, -0.2) is 21.4 Å². The molecule has 0 spiro atoms. The Morgan fingerprint density at radius 3 is 2.63 bits per heavy atom. The van der Waals surface area contributed by atoms with Crippen LogP contribution in [0.2, 0.25) is 0 Å². The highest BCUT2D eigenvalue weighted by atomic mass is 16.2. The molecule has 30 heavy (non-hydrogen) atoms. The van der Waals surface area contributed by atoms with Crippen LogP contribution in [0.4, 0.5) is 0 Å². The summed E-state index contributed by atoms with van der Waals surface area (Å²) >= 11 is 0. The molecule has 3 aromatic carbocycles. The van der Waals surface area contributed by atoms with Crippen LogP contribution < -0.4 is 11.1 Å². The second-order valence-corrected chi connectivity index (χ2v) is 8.28.